The molecule has 0 aromatic rings. The molecule has 0 bridgehead atoms. The minimum absolute atomic E-state index is 0.114. The van der Waals surface area contributed by atoms with E-state index in [1.807, 2.05) is 27.7 Å². The van der Waals surface area contributed by atoms with Crippen LogP contribution in [0, 0.1) is 0 Å². The van der Waals surface area contributed by atoms with Gasteiger partial charge in [0.15, 0.2) is 0 Å². The number of nitrogens with zero attached hydrogens (tertiary/aromatic N) is 1. The topological polar surface area (TPSA) is 46.6 Å². The number of hydrogen-bond donors (Lipinski definition) is 0. The fraction of sp³-hybridized carbons (Fsp3) is 1.00. The van der Waals surface area contributed by atoms with Crippen molar-refractivity contribution in [1.82, 2.24) is 4.31 Å². The average molecular weight is 284 g/mol. The molecule has 6 heteroatoms. The molecule has 1 saturated heterocycles. The molecule has 0 aromatic heterocycles. The van der Waals surface area contributed by atoms with Crippen LogP contribution in [0.5, 0.6) is 0 Å². The second-order valence-electron chi connectivity index (χ2n) is 5.75. The minimum Gasteiger partial charge on any atom is -0.367 e. The molecule has 0 radical (unpaired) electrons. The van der Waals surface area contributed by atoms with Crippen molar-refractivity contribution >= 4 is 21.6 Å². The Morgan fingerprint density at radius 3 is 2.06 bits per heavy atom. The van der Waals surface area contributed by atoms with Crippen LogP contribution in [0.25, 0.3) is 0 Å². The van der Waals surface area contributed by atoms with Gasteiger partial charge in [-0.3, -0.25) is 0 Å². The third-order valence-corrected chi connectivity index (χ3v) is 4.71. The number of halogens is 1. The molecule has 0 atom stereocenters. The first-order chi connectivity index (χ1) is 7.58. The van der Waals surface area contributed by atoms with Gasteiger partial charge in [-0.2, -0.15) is 4.31 Å². The van der Waals surface area contributed by atoms with Crippen LogP contribution in [-0.2, 0) is 14.8 Å². The highest BCUT2D eigenvalue weighted by Gasteiger charge is 2.42. The van der Waals surface area contributed by atoms with E-state index in [-0.39, 0.29) is 5.75 Å². The Hall–Kier alpha value is 0.160. The van der Waals surface area contributed by atoms with Crippen LogP contribution < -0.4 is 0 Å². The summed E-state index contributed by atoms with van der Waals surface area (Å²) < 4.78 is 31.7. The van der Waals surface area contributed by atoms with E-state index in [9.17, 15) is 8.42 Å². The zero-order valence-electron chi connectivity index (χ0n) is 11.0. The molecule has 1 heterocycles. The number of morpholine rings is 1. The molecule has 0 spiro atoms. The second-order valence-corrected chi connectivity index (χ2v) is 8.21. The number of hydrogen-bond acceptors (Lipinski definition) is 3. The first-order valence-electron chi connectivity index (χ1n) is 5.82. The summed E-state index contributed by atoms with van der Waals surface area (Å²) >= 11 is 5.55. The molecule has 0 aliphatic carbocycles. The Morgan fingerprint density at radius 2 is 1.65 bits per heavy atom. The Bertz CT molecular complexity index is 349. The van der Waals surface area contributed by atoms with E-state index in [0.29, 0.717) is 25.4 Å². The molecule has 0 N–H and O–H groups in total. The monoisotopic (exact) mass is 283 g/mol. The van der Waals surface area contributed by atoms with Crippen LogP contribution >= 0.6 is 11.6 Å². The van der Waals surface area contributed by atoms with E-state index in [1.165, 1.54) is 4.31 Å². The zero-order chi connectivity index (χ0) is 13.3. The molecular weight excluding hydrogens is 262 g/mol. The number of rotatable bonds is 4. The Labute approximate surface area is 109 Å². The van der Waals surface area contributed by atoms with Crippen molar-refractivity contribution in [3.8, 4) is 0 Å². The summed E-state index contributed by atoms with van der Waals surface area (Å²) in [6.07, 6.45) is 0.488. The van der Waals surface area contributed by atoms with Crippen molar-refractivity contribution in [1.29, 1.82) is 0 Å². The van der Waals surface area contributed by atoms with Gasteiger partial charge in [-0.1, -0.05) is 0 Å². The summed E-state index contributed by atoms with van der Waals surface area (Å²) in [7, 11) is -3.22. The molecule has 1 rings (SSSR count). The van der Waals surface area contributed by atoms with Gasteiger partial charge < -0.3 is 4.74 Å². The van der Waals surface area contributed by atoms with Crippen molar-refractivity contribution in [3.63, 3.8) is 0 Å². The maximum Gasteiger partial charge on any atom is 0.214 e. The van der Waals surface area contributed by atoms with Gasteiger partial charge in [0.25, 0.3) is 0 Å². The predicted molar refractivity (Wildman–Crippen MR) is 69.9 cm³/mol. The average Bonchev–Trinajstić information content (AvgIpc) is 2.09. The standard InChI is InChI=1S/C11H22ClNO3S/c1-10(2)8-13(9-11(3,4)16-10)17(14,15)7-5-6-12/h5-9H2,1-4H3. The molecule has 0 aromatic carbocycles. The van der Waals surface area contributed by atoms with Crippen molar-refractivity contribution in [2.45, 2.75) is 45.3 Å². The molecule has 0 unspecified atom stereocenters. The Balaban J connectivity index is 2.84. The van der Waals surface area contributed by atoms with E-state index in [1.54, 1.807) is 0 Å². The second kappa shape index (κ2) is 5.03. The van der Waals surface area contributed by atoms with Crippen LogP contribution in [0.1, 0.15) is 34.1 Å². The fourth-order valence-electron chi connectivity index (χ4n) is 2.28. The summed E-state index contributed by atoms with van der Waals surface area (Å²) in [4.78, 5) is 0. The highest BCUT2D eigenvalue weighted by Crippen LogP contribution is 2.29. The van der Waals surface area contributed by atoms with Crippen molar-refractivity contribution in [2.24, 2.45) is 0 Å². The Morgan fingerprint density at radius 1 is 1.18 bits per heavy atom. The first-order valence-corrected chi connectivity index (χ1v) is 7.96. The van der Waals surface area contributed by atoms with E-state index in [0.717, 1.165) is 0 Å². The molecular formula is C11H22ClNO3S. The fourth-order valence-corrected chi connectivity index (χ4v) is 4.36. The summed E-state index contributed by atoms with van der Waals surface area (Å²) in [5, 5.41) is 0. The van der Waals surface area contributed by atoms with Gasteiger partial charge in [-0.05, 0) is 34.1 Å². The van der Waals surface area contributed by atoms with E-state index >= 15 is 0 Å². The molecule has 1 aliphatic heterocycles. The Kier molecular flexibility index (Phi) is 4.51. The lowest BCUT2D eigenvalue weighted by atomic mass is 10.0. The quantitative estimate of drug-likeness (QED) is 0.740. The van der Waals surface area contributed by atoms with Gasteiger partial charge in [0.1, 0.15) is 0 Å². The lowest BCUT2D eigenvalue weighted by Crippen LogP contribution is -2.58. The molecule has 4 nitrogen and oxygen atoms in total. The van der Waals surface area contributed by atoms with Crippen LogP contribution in [0.15, 0.2) is 0 Å². The van der Waals surface area contributed by atoms with Gasteiger partial charge in [0, 0.05) is 19.0 Å². The normalized spacial score (nSPS) is 24.8. The number of sulfonamides is 1. The lowest BCUT2D eigenvalue weighted by molar-refractivity contribution is -0.163. The van der Waals surface area contributed by atoms with Crippen LogP contribution in [0.2, 0.25) is 0 Å². The first kappa shape index (κ1) is 15.2. The molecule has 1 aliphatic rings. The molecule has 1 fully saturated rings. The van der Waals surface area contributed by atoms with Crippen LogP contribution in [0.4, 0.5) is 0 Å². The molecule has 0 amide bonds. The maximum atomic E-state index is 12.1. The number of alkyl halides is 1. The molecule has 102 valence electrons. The smallest absolute Gasteiger partial charge is 0.214 e. The maximum absolute atomic E-state index is 12.1. The summed E-state index contributed by atoms with van der Waals surface area (Å²) in [5.74, 6) is 0.485. The van der Waals surface area contributed by atoms with Crippen LogP contribution in [-0.4, -0.2) is 48.6 Å². The van der Waals surface area contributed by atoms with Crippen molar-refractivity contribution in [2.75, 3.05) is 24.7 Å². The van der Waals surface area contributed by atoms with E-state index in [4.69, 9.17) is 16.3 Å². The number of ether oxygens (including phenoxy) is 1. The molecule has 0 saturated carbocycles. The van der Waals surface area contributed by atoms with Crippen molar-refractivity contribution < 1.29 is 13.2 Å². The lowest BCUT2D eigenvalue weighted by Gasteiger charge is -2.46. The zero-order valence-corrected chi connectivity index (χ0v) is 12.6. The predicted octanol–water partition coefficient (Wildman–Crippen LogP) is 1.83. The highest BCUT2D eigenvalue weighted by atomic mass is 35.5. The minimum atomic E-state index is -3.22. The van der Waals surface area contributed by atoms with E-state index < -0.39 is 21.2 Å². The van der Waals surface area contributed by atoms with Crippen LogP contribution in [0.3, 0.4) is 0 Å². The SMILES string of the molecule is CC1(C)CN(S(=O)(=O)CCCCl)CC(C)(C)O1. The highest BCUT2D eigenvalue weighted by molar-refractivity contribution is 7.89. The van der Waals surface area contributed by atoms with Crippen molar-refractivity contribution in [3.05, 3.63) is 0 Å². The van der Waals surface area contributed by atoms with Gasteiger partial charge in [-0.15, -0.1) is 11.6 Å². The summed E-state index contributed by atoms with van der Waals surface area (Å²) in [6.45, 7) is 8.47. The third kappa shape index (κ3) is 4.39. The van der Waals surface area contributed by atoms with E-state index in [2.05, 4.69) is 0 Å². The van der Waals surface area contributed by atoms with Gasteiger partial charge >= 0.3 is 0 Å². The van der Waals surface area contributed by atoms with Gasteiger partial charge in [0.05, 0.1) is 17.0 Å². The van der Waals surface area contributed by atoms with Gasteiger partial charge in [-0.25, -0.2) is 8.42 Å². The summed E-state index contributed by atoms with van der Waals surface area (Å²) in [6, 6.07) is 0. The third-order valence-electron chi connectivity index (χ3n) is 2.60. The largest absolute Gasteiger partial charge is 0.367 e. The summed E-state index contributed by atoms with van der Waals surface area (Å²) in [5.41, 5.74) is -0.897. The van der Waals surface area contributed by atoms with Gasteiger partial charge in [0.2, 0.25) is 10.0 Å². The molecule has 17 heavy (non-hydrogen) atoms.